The van der Waals surface area contributed by atoms with Crippen LogP contribution in [0.1, 0.15) is 79.1 Å². The second kappa shape index (κ2) is 7.44. The molecule has 4 rings (SSSR count). The van der Waals surface area contributed by atoms with Crippen LogP contribution in [0.3, 0.4) is 0 Å². The molecule has 0 aromatic carbocycles. The molecular weight excluding hydrogens is 366 g/mol. The lowest BCUT2D eigenvalue weighted by Crippen LogP contribution is -2.56. The molecule has 1 spiro atoms. The lowest BCUT2D eigenvalue weighted by molar-refractivity contribution is -0.130. The SMILES string of the molecule is CC1(NC(=O)C2CCN(C3CC4(CCN(C(=O)OC(C)(C)C)C4)C3)CC2)CCC1. The van der Waals surface area contributed by atoms with E-state index in [1.165, 1.54) is 19.3 Å². The second-order valence-corrected chi connectivity index (χ2v) is 11.4. The summed E-state index contributed by atoms with van der Waals surface area (Å²) in [5.74, 6) is 0.465. The number of carbonyl (C=O) groups excluding carboxylic acids is 2. The third-order valence-electron chi connectivity index (χ3n) is 7.73. The number of piperidine rings is 1. The van der Waals surface area contributed by atoms with Crippen LogP contribution in [0.2, 0.25) is 0 Å². The Hall–Kier alpha value is -1.30. The van der Waals surface area contributed by atoms with Crippen LogP contribution < -0.4 is 5.32 Å². The molecule has 2 amide bonds. The summed E-state index contributed by atoms with van der Waals surface area (Å²) in [4.78, 5) is 29.4. The molecule has 2 saturated carbocycles. The van der Waals surface area contributed by atoms with E-state index in [9.17, 15) is 9.59 Å². The molecule has 164 valence electrons. The summed E-state index contributed by atoms with van der Waals surface area (Å²) in [6.07, 6.45) is 8.76. The van der Waals surface area contributed by atoms with Crippen LogP contribution in [0.15, 0.2) is 0 Å². The van der Waals surface area contributed by atoms with Crippen molar-refractivity contribution in [1.29, 1.82) is 0 Å². The second-order valence-electron chi connectivity index (χ2n) is 11.4. The summed E-state index contributed by atoms with van der Waals surface area (Å²) >= 11 is 0. The molecule has 0 unspecified atom stereocenters. The molecule has 0 radical (unpaired) electrons. The van der Waals surface area contributed by atoms with Crippen molar-refractivity contribution in [3.05, 3.63) is 0 Å². The van der Waals surface area contributed by atoms with Crippen LogP contribution in [0.5, 0.6) is 0 Å². The van der Waals surface area contributed by atoms with Gasteiger partial charge in [0.25, 0.3) is 0 Å². The van der Waals surface area contributed by atoms with Crippen molar-refractivity contribution < 1.29 is 14.3 Å². The Morgan fingerprint density at radius 1 is 1.03 bits per heavy atom. The predicted octanol–water partition coefficient (Wildman–Crippen LogP) is 3.55. The number of ether oxygens (including phenoxy) is 1. The van der Waals surface area contributed by atoms with E-state index in [1.807, 2.05) is 25.7 Å². The quantitative estimate of drug-likeness (QED) is 0.780. The Bertz CT molecular complexity index is 638. The summed E-state index contributed by atoms with van der Waals surface area (Å²) in [6.45, 7) is 11.7. The molecule has 4 aliphatic rings. The van der Waals surface area contributed by atoms with Gasteiger partial charge in [-0.2, -0.15) is 0 Å². The first-order chi connectivity index (χ1) is 13.6. The summed E-state index contributed by atoms with van der Waals surface area (Å²) in [5, 5.41) is 3.30. The average Bonchev–Trinajstić information content (AvgIpc) is 3.04. The van der Waals surface area contributed by atoms with E-state index in [0.29, 0.717) is 11.5 Å². The maximum absolute atomic E-state index is 12.6. The first-order valence-corrected chi connectivity index (χ1v) is 11.6. The fourth-order valence-corrected chi connectivity index (χ4v) is 5.71. The molecule has 0 aromatic rings. The molecule has 0 bridgehead atoms. The van der Waals surface area contributed by atoms with Crippen molar-refractivity contribution in [1.82, 2.24) is 15.1 Å². The lowest BCUT2D eigenvalue weighted by Gasteiger charge is -2.51. The van der Waals surface area contributed by atoms with Crippen LogP contribution in [-0.4, -0.2) is 65.2 Å². The molecule has 6 nitrogen and oxygen atoms in total. The first kappa shape index (κ1) is 21.0. The number of carbonyl (C=O) groups is 2. The number of likely N-dealkylation sites (tertiary alicyclic amines) is 2. The van der Waals surface area contributed by atoms with E-state index in [4.69, 9.17) is 4.74 Å². The van der Waals surface area contributed by atoms with Gasteiger partial charge in [0.1, 0.15) is 5.60 Å². The maximum Gasteiger partial charge on any atom is 0.410 e. The lowest BCUT2D eigenvalue weighted by atomic mass is 9.64. The minimum atomic E-state index is -0.429. The van der Waals surface area contributed by atoms with Gasteiger partial charge in [0.2, 0.25) is 5.91 Å². The highest BCUT2D eigenvalue weighted by molar-refractivity contribution is 5.79. The van der Waals surface area contributed by atoms with Crippen molar-refractivity contribution in [2.45, 2.75) is 96.2 Å². The number of nitrogens with one attached hydrogen (secondary N) is 1. The van der Waals surface area contributed by atoms with Crippen LogP contribution in [-0.2, 0) is 9.53 Å². The van der Waals surface area contributed by atoms with Gasteiger partial charge in [-0.25, -0.2) is 4.79 Å². The molecule has 2 heterocycles. The molecule has 4 fully saturated rings. The third kappa shape index (κ3) is 4.57. The fraction of sp³-hybridized carbons (Fsp3) is 0.913. The van der Waals surface area contributed by atoms with E-state index in [1.54, 1.807) is 0 Å². The zero-order chi connectivity index (χ0) is 20.9. The predicted molar refractivity (Wildman–Crippen MR) is 113 cm³/mol. The van der Waals surface area contributed by atoms with E-state index in [0.717, 1.165) is 58.3 Å². The molecule has 29 heavy (non-hydrogen) atoms. The number of rotatable bonds is 3. The maximum atomic E-state index is 12.6. The van der Waals surface area contributed by atoms with Gasteiger partial charge < -0.3 is 19.9 Å². The van der Waals surface area contributed by atoms with Crippen molar-refractivity contribution >= 4 is 12.0 Å². The summed E-state index contributed by atoms with van der Waals surface area (Å²) in [5.41, 5.74) is -0.0622. The van der Waals surface area contributed by atoms with Gasteiger partial charge in [0, 0.05) is 30.6 Å². The van der Waals surface area contributed by atoms with Crippen LogP contribution in [0, 0.1) is 11.3 Å². The van der Waals surface area contributed by atoms with Gasteiger partial charge in [-0.3, -0.25) is 4.79 Å². The molecule has 2 aliphatic carbocycles. The molecule has 6 heteroatoms. The first-order valence-electron chi connectivity index (χ1n) is 11.6. The van der Waals surface area contributed by atoms with Gasteiger partial charge in [-0.1, -0.05) is 0 Å². The van der Waals surface area contributed by atoms with Crippen molar-refractivity contribution in [2.75, 3.05) is 26.2 Å². The summed E-state index contributed by atoms with van der Waals surface area (Å²) in [6, 6.07) is 0.627. The minimum absolute atomic E-state index is 0.0665. The van der Waals surface area contributed by atoms with Gasteiger partial charge in [-0.05, 0) is 97.6 Å². The fourth-order valence-electron chi connectivity index (χ4n) is 5.71. The number of nitrogens with zero attached hydrogens (tertiary/aromatic N) is 2. The zero-order valence-electron chi connectivity index (χ0n) is 18.8. The highest BCUT2D eigenvalue weighted by Gasteiger charge is 2.52. The molecule has 1 N–H and O–H groups in total. The van der Waals surface area contributed by atoms with Gasteiger partial charge in [-0.15, -0.1) is 0 Å². The molecule has 2 aliphatic heterocycles. The van der Waals surface area contributed by atoms with Gasteiger partial charge in [0.05, 0.1) is 0 Å². The van der Waals surface area contributed by atoms with Crippen molar-refractivity contribution in [2.24, 2.45) is 11.3 Å². The molecule has 0 atom stereocenters. The van der Waals surface area contributed by atoms with Crippen molar-refractivity contribution in [3.63, 3.8) is 0 Å². The van der Waals surface area contributed by atoms with Crippen LogP contribution >= 0.6 is 0 Å². The Kier molecular flexibility index (Phi) is 5.37. The molecule has 0 aromatic heterocycles. The monoisotopic (exact) mass is 405 g/mol. The molecule has 2 saturated heterocycles. The number of hydrogen-bond acceptors (Lipinski definition) is 4. The standard InChI is InChI=1S/C23H39N3O3/c1-21(2,3)29-20(28)26-13-10-23(16-26)14-18(15-23)25-11-6-17(7-12-25)19(27)24-22(4)8-5-9-22/h17-18H,5-16H2,1-4H3,(H,24,27). The Morgan fingerprint density at radius 2 is 1.69 bits per heavy atom. The topological polar surface area (TPSA) is 61.9 Å². The Morgan fingerprint density at radius 3 is 2.24 bits per heavy atom. The van der Waals surface area contributed by atoms with E-state index >= 15 is 0 Å². The normalized spacial score (nSPS) is 32.6. The van der Waals surface area contributed by atoms with E-state index in [-0.39, 0.29) is 23.5 Å². The smallest absolute Gasteiger partial charge is 0.410 e. The Labute approximate surface area is 175 Å². The highest BCUT2D eigenvalue weighted by atomic mass is 16.6. The average molecular weight is 406 g/mol. The van der Waals surface area contributed by atoms with Crippen molar-refractivity contribution in [3.8, 4) is 0 Å². The van der Waals surface area contributed by atoms with E-state index < -0.39 is 5.60 Å². The van der Waals surface area contributed by atoms with Crippen LogP contribution in [0.4, 0.5) is 4.79 Å². The summed E-state index contributed by atoms with van der Waals surface area (Å²) in [7, 11) is 0. The summed E-state index contributed by atoms with van der Waals surface area (Å²) < 4.78 is 5.55. The highest BCUT2D eigenvalue weighted by Crippen LogP contribution is 2.50. The zero-order valence-corrected chi connectivity index (χ0v) is 18.8. The van der Waals surface area contributed by atoms with Gasteiger partial charge >= 0.3 is 6.09 Å². The van der Waals surface area contributed by atoms with Crippen LogP contribution in [0.25, 0.3) is 0 Å². The third-order valence-corrected chi connectivity index (χ3v) is 7.73. The minimum Gasteiger partial charge on any atom is -0.444 e. The number of amides is 2. The molecular formula is C23H39N3O3. The number of hydrogen-bond donors (Lipinski definition) is 1. The largest absolute Gasteiger partial charge is 0.444 e. The Balaban J connectivity index is 1.19. The van der Waals surface area contributed by atoms with Gasteiger partial charge in [0.15, 0.2) is 0 Å². The van der Waals surface area contributed by atoms with E-state index in [2.05, 4.69) is 17.1 Å².